The topological polar surface area (TPSA) is 247 Å². The van der Waals surface area contributed by atoms with E-state index in [1.807, 2.05) is 27.7 Å². The first kappa shape index (κ1) is 71.1. The molecule has 88 heavy (non-hydrogen) atoms. The van der Waals surface area contributed by atoms with Crippen LogP contribution in [0, 0.1) is 11.8 Å². The maximum Gasteiger partial charge on any atom is 0.549 e. The molecule has 4 aromatic carbocycles. The molecule has 6 unspecified atom stereocenters. The second kappa shape index (κ2) is 37.2. The molecule has 20 nitrogen and oxygen atoms in total. The highest BCUT2D eigenvalue weighted by Gasteiger charge is 2.48. The Morgan fingerprint density at radius 1 is 0.318 bits per heavy atom. The summed E-state index contributed by atoms with van der Waals surface area (Å²) in [5.74, 6) is -7.00. The normalized spacial score (nSPS) is 12.8. The molecule has 0 saturated carbocycles. The number of carbonyl (C=O) groups is 8. The summed E-state index contributed by atoms with van der Waals surface area (Å²) in [5.41, 5.74) is 9.82. The Morgan fingerprint density at radius 2 is 0.523 bits per heavy atom. The molecule has 24 heteroatoms. The van der Waals surface area contributed by atoms with E-state index in [4.69, 9.17) is 58.0 Å². The van der Waals surface area contributed by atoms with Crippen LogP contribution in [-0.2, 0) is 83.7 Å². The largest absolute Gasteiger partial charge is 0.549 e. The molecule has 4 aromatic rings. The molecular weight excluding hydrogens is 1200 g/mol. The Labute approximate surface area is 518 Å². The lowest BCUT2D eigenvalue weighted by Gasteiger charge is -2.42. The number of rotatable bonds is 31. The average Bonchev–Trinajstić information content (AvgIpc) is 2.90. The third kappa shape index (κ3) is 21.5. The number of aryl methyl sites for hydroxylation is 4. The maximum absolute atomic E-state index is 14.2. The van der Waals surface area contributed by atoms with Crippen molar-refractivity contribution in [1.29, 1.82) is 0 Å². The van der Waals surface area contributed by atoms with Crippen LogP contribution in [0.25, 0.3) is 0 Å². The summed E-state index contributed by atoms with van der Waals surface area (Å²) in [6.07, 6.45) is -4.38. The average molecular weight is 1280 g/mol. The van der Waals surface area contributed by atoms with Crippen molar-refractivity contribution in [3.63, 3.8) is 0 Å². The summed E-state index contributed by atoms with van der Waals surface area (Å²) in [6.45, 7) is 39.7. The van der Waals surface area contributed by atoms with Gasteiger partial charge >= 0.3 is 48.5 Å². The van der Waals surface area contributed by atoms with Gasteiger partial charge in [-0.25, -0.2) is 58.3 Å². The van der Waals surface area contributed by atoms with E-state index in [1.54, 1.807) is 48.5 Å². The minimum Gasteiger partial charge on any atom is -0.432 e. The van der Waals surface area contributed by atoms with Crippen LogP contribution in [0.2, 0.25) is 0 Å². The zero-order chi connectivity index (χ0) is 64.7. The van der Waals surface area contributed by atoms with Gasteiger partial charge in [-0.2, -0.15) is 19.2 Å². The molecule has 0 aliphatic heterocycles. The van der Waals surface area contributed by atoms with E-state index in [0.29, 0.717) is 25.7 Å². The fourth-order valence-electron chi connectivity index (χ4n) is 9.17. The molecule has 0 bridgehead atoms. The summed E-state index contributed by atoms with van der Waals surface area (Å²) in [5, 5.41) is 0. The molecule has 0 aromatic heterocycles. The fraction of sp³-hybridized carbons (Fsp3) is 0.250. The summed E-state index contributed by atoms with van der Waals surface area (Å²) < 4.78 is 24.4. The lowest BCUT2D eigenvalue weighted by atomic mass is 9.87. The molecule has 0 N–H and O–H groups in total. The van der Waals surface area contributed by atoms with Crippen molar-refractivity contribution < 1.29 is 96.4 Å². The summed E-state index contributed by atoms with van der Waals surface area (Å²) in [7, 11) is -11.9. The van der Waals surface area contributed by atoms with Crippen LogP contribution in [0.4, 0.5) is 19.2 Å². The van der Waals surface area contributed by atoms with Gasteiger partial charge in [-0.3, -0.25) is 0 Å². The lowest BCUT2D eigenvalue weighted by Crippen LogP contribution is -2.53. The van der Waals surface area contributed by atoms with Crippen LogP contribution in [0.5, 0.6) is 0 Å². The van der Waals surface area contributed by atoms with Gasteiger partial charge in [-0.05, 0) is 109 Å². The van der Waals surface area contributed by atoms with Gasteiger partial charge in [0, 0.05) is 11.8 Å². The number of hydrogen-bond donors (Lipinski definition) is 0. The molecule has 0 fully saturated rings. The van der Waals surface area contributed by atoms with Gasteiger partial charge in [-0.15, -0.1) is 52.6 Å². The second-order valence-corrected chi connectivity index (χ2v) is 30.7. The van der Waals surface area contributed by atoms with E-state index < -0.39 is 131 Å². The molecular formula is C64H74O20Si4. The Bertz CT molecular complexity index is 2850. The Morgan fingerprint density at radius 3 is 0.716 bits per heavy atom. The standard InChI is InChI=1S/C64H74O20Si4/c1-13-43-25-33-47(34-26-43)55(65)77-81-61(69)73-53(85(17-5)18-6)41-51(59(87(21-9)22-10)75-63(71)83-79-57(67)49-37-29-45(15-3)30-38-49)52(60(88(23-11)24-12)76-64(72)84-80-58(68)50-39-31-46(16-4)32-40-50)42-54(86(19-7)20-8)74-62(70)82-78-56(66)48-35-27-44(14-2)28-36-48/h17-40,51-54,59-60,85-88H,5-16,41-42H2,1-4H3. The van der Waals surface area contributed by atoms with E-state index in [2.05, 4.69) is 52.6 Å². The summed E-state index contributed by atoms with van der Waals surface area (Å²) >= 11 is 0. The van der Waals surface area contributed by atoms with Crippen molar-refractivity contribution in [1.82, 2.24) is 0 Å². The minimum atomic E-state index is -3.08. The first-order valence-electron chi connectivity index (χ1n) is 28.1. The molecule has 0 amide bonds. The van der Waals surface area contributed by atoms with Crippen LogP contribution < -0.4 is 0 Å². The molecule has 6 atom stereocenters. The molecule has 0 aliphatic carbocycles. The number of carbonyl (C=O) groups excluding carboxylic acids is 8. The van der Waals surface area contributed by atoms with Crippen LogP contribution in [0.3, 0.4) is 0 Å². The lowest BCUT2D eigenvalue weighted by molar-refractivity contribution is -0.212. The van der Waals surface area contributed by atoms with Gasteiger partial charge < -0.3 is 18.9 Å². The minimum absolute atomic E-state index is 0.0191. The first-order valence-corrected chi connectivity index (χ1v) is 36.1. The monoisotopic (exact) mass is 1270 g/mol. The first-order chi connectivity index (χ1) is 42.4. The highest BCUT2D eigenvalue weighted by Crippen LogP contribution is 2.38. The van der Waals surface area contributed by atoms with Gasteiger partial charge in [0.2, 0.25) is 0 Å². The number of ether oxygens (including phenoxy) is 4. The predicted octanol–water partition coefficient (Wildman–Crippen LogP) is 11.3. The SMILES string of the molecule is C=C[SiH](C=C)C(CC(C(CC(OC(=O)OOC(=O)c1ccc(CC)cc1)[SiH](C=C)C=C)C(OC(=O)OOC(=O)c1ccc(CC)cc1)[SiH](C=C)C=C)C(OC(=O)OOC(=O)c1ccc(CC)cc1)[SiH](C=C)C=C)OC(=O)OOC(=O)c1ccc(CC)cc1. The molecule has 0 aliphatic rings. The van der Waals surface area contributed by atoms with Crippen LogP contribution >= 0.6 is 0 Å². The second-order valence-electron chi connectivity index (χ2n) is 19.5. The van der Waals surface area contributed by atoms with E-state index in [0.717, 1.165) is 22.3 Å². The van der Waals surface area contributed by atoms with E-state index in [9.17, 15) is 38.4 Å². The summed E-state index contributed by atoms with van der Waals surface area (Å²) in [6, 6.07) is 25.3. The third-order valence-electron chi connectivity index (χ3n) is 14.3. The highest BCUT2D eigenvalue weighted by molar-refractivity contribution is 6.72. The zero-order valence-electron chi connectivity index (χ0n) is 49.7. The Balaban J connectivity index is 1.96. The van der Waals surface area contributed by atoms with Crippen LogP contribution in [-0.4, -0.2) is 107 Å². The van der Waals surface area contributed by atoms with Gasteiger partial charge in [0.25, 0.3) is 0 Å². The molecule has 0 saturated heterocycles. The van der Waals surface area contributed by atoms with Crippen LogP contribution in [0.15, 0.2) is 195 Å². The van der Waals surface area contributed by atoms with E-state index in [1.165, 1.54) is 94.1 Å². The predicted molar refractivity (Wildman–Crippen MR) is 337 cm³/mol. The van der Waals surface area contributed by atoms with E-state index >= 15 is 0 Å². The Hall–Kier alpha value is -9.37. The molecule has 466 valence electrons. The van der Waals surface area contributed by atoms with Gasteiger partial charge in [0.05, 0.1) is 33.7 Å². The van der Waals surface area contributed by atoms with Crippen LogP contribution in [0.1, 0.15) is 104 Å². The molecule has 4 rings (SSSR count). The number of hydrogen-bond acceptors (Lipinski definition) is 20. The van der Waals surface area contributed by atoms with Gasteiger partial charge in [0.15, 0.2) is 0 Å². The van der Waals surface area contributed by atoms with Gasteiger partial charge in [0.1, 0.15) is 46.6 Å². The Kier molecular flexibility index (Phi) is 30.1. The molecule has 0 radical (unpaired) electrons. The van der Waals surface area contributed by atoms with Gasteiger partial charge in [-0.1, -0.05) is 122 Å². The maximum atomic E-state index is 14.2. The van der Waals surface area contributed by atoms with Crippen molar-refractivity contribution in [3.8, 4) is 0 Å². The zero-order valence-corrected chi connectivity index (χ0v) is 54.3. The third-order valence-corrected chi connectivity index (χ3v) is 24.0. The van der Waals surface area contributed by atoms with Crippen molar-refractivity contribution in [2.24, 2.45) is 11.8 Å². The van der Waals surface area contributed by atoms with Crippen molar-refractivity contribution in [3.05, 3.63) is 240 Å². The number of benzene rings is 4. The highest BCUT2D eigenvalue weighted by atomic mass is 28.3. The summed E-state index contributed by atoms with van der Waals surface area (Å²) in [4.78, 5) is 149. The molecule has 0 spiro atoms. The molecule has 0 heterocycles. The van der Waals surface area contributed by atoms with Crippen molar-refractivity contribution >= 4 is 83.7 Å². The fourth-order valence-corrected chi connectivity index (χ4v) is 16.6. The van der Waals surface area contributed by atoms with E-state index in [-0.39, 0.29) is 22.3 Å². The smallest absolute Gasteiger partial charge is 0.432 e. The van der Waals surface area contributed by atoms with Crippen molar-refractivity contribution in [2.45, 2.75) is 89.1 Å². The van der Waals surface area contributed by atoms with Crippen molar-refractivity contribution in [2.75, 3.05) is 0 Å². The quantitative estimate of drug-likeness (QED) is 0.0149.